The fourth-order valence-electron chi connectivity index (χ4n) is 4.02. The zero-order chi connectivity index (χ0) is 22.1. The van der Waals surface area contributed by atoms with Crippen LogP contribution < -0.4 is 0 Å². The van der Waals surface area contributed by atoms with Crippen LogP contribution in [0.4, 0.5) is 4.39 Å². The first kappa shape index (κ1) is 19.9. The van der Waals surface area contributed by atoms with Crippen LogP contribution in [0.5, 0.6) is 0 Å². The second-order valence-electron chi connectivity index (χ2n) is 7.66. The highest BCUT2D eigenvalue weighted by molar-refractivity contribution is 6.15. The SMILES string of the molecule is O=C(c1ccccc1)c1ccccc1C(=O)N1CCc2c(noc2-c2ccc(F)cc2)C1. The number of hydrogen-bond donors (Lipinski definition) is 0. The zero-order valence-corrected chi connectivity index (χ0v) is 17.1. The molecule has 3 aromatic carbocycles. The molecule has 5 nitrogen and oxygen atoms in total. The molecule has 1 aliphatic rings. The van der Waals surface area contributed by atoms with E-state index in [1.54, 1.807) is 65.6 Å². The van der Waals surface area contributed by atoms with Crippen LogP contribution in [0.3, 0.4) is 0 Å². The van der Waals surface area contributed by atoms with Gasteiger partial charge in [-0.1, -0.05) is 53.7 Å². The fourth-order valence-corrected chi connectivity index (χ4v) is 4.02. The lowest BCUT2D eigenvalue weighted by molar-refractivity contribution is 0.0727. The van der Waals surface area contributed by atoms with Crippen molar-refractivity contribution < 1.29 is 18.5 Å². The molecule has 0 saturated carbocycles. The van der Waals surface area contributed by atoms with E-state index in [1.165, 1.54) is 12.1 Å². The van der Waals surface area contributed by atoms with E-state index in [0.29, 0.717) is 41.1 Å². The monoisotopic (exact) mass is 426 g/mol. The Morgan fingerprint density at radius 1 is 0.875 bits per heavy atom. The Balaban J connectivity index is 1.41. The van der Waals surface area contributed by atoms with E-state index in [9.17, 15) is 14.0 Å². The average Bonchev–Trinajstić information content (AvgIpc) is 3.27. The van der Waals surface area contributed by atoms with Crippen molar-refractivity contribution in [2.24, 2.45) is 0 Å². The maximum absolute atomic E-state index is 13.4. The Morgan fingerprint density at radius 2 is 1.56 bits per heavy atom. The molecule has 1 aromatic heterocycles. The topological polar surface area (TPSA) is 63.4 Å². The van der Waals surface area contributed by atoms with Gasteiger partial charge in [-0.05, 0) is 36.8 Å². The summed E-state index contributed by atoms with van der Waals surface area (Å²) in [5.74, 6) is -0.122. The van der Waals surface area contributed by atoms with Crippen LogP contribution >= 0.6 is 0 Å². The van der Waals surface area contributed by atoms with Crippen LogP contribution in [0.25, 0.3) is 11.3 Å². The smallest absolute Gasteiger partial charge is 0.254 e. The van der Waals surface area contributed by atoms with Gasteiger partial charge in [-0.3, -0.25) is 9.59 Å². The van der Waals surface area contributed by atoms with Crippen LogP contribution in [-0.4, -0.2) is 28.3 Å². The minimum atomic E-state index is -0.317. The molecule has 0 saturated heterocycles. The maximum atomic E-state index is 13.4. The summed E-state index contributed by atoms with van der Waals surface area (Å²) in [5, 5.41) is 4.16. The highest BCUT2D eigenvalue weighted by Crippen LogP contribution is 2.31. The number of hydrogen-bond acceptors (Lipinski definition) is 4. The third-order valence-electron chi connectivity index (χ3n) is 5.67. The Labute approximate surface area is 184 Å². The first-order valence-electron chi connectivity index (χ1n) is 10.3. The van der Waals surface area contributed by atoms with Crippen molar-refractivity contribution in [2.75, 3.05) is 6.54 Å². The van der Waals surface area contributed by atoms with E-state index in [0.717, 1.165) is 11.1 Å². The molecule has 0 N–H and O–H groups in total. The van der Waals surface area contributed by atoms with Gasteiger partial charge < -0.3 is 9.42 Å². The lowest BCUT2D eigenvalue weighted by Crippen LogP contribution is -2.36. The molecule has 0 atom stereocenters. The number of nitrogens with zero attached hydrogens (tertiary/aromatic N) is 2. The number of aromatic nitrogens is 1. The first-order valence-corrected chi connectivity index (χ1v) is 10.3. The van der Waals surface area contributed by atoms with Crippen molar-refractivity contribution in [1.29, 1.82) is 0 Å². The van der Waals surface area contributed by atoms with Crippen LogP contribution in [0.2, 0.25) is 0 Å². The Hall–Kier alpha value is -4.06. The number of fused-ring (bicyclic) bond motifs is 1. The molecule has 0 radical (unpaired) electrons. The number of halogens is 1. The molecule has 5 rings (SSSR count). The molecule has 0 unspecified atom stereocenters. The summed E-state index contributed by atoms with van der Waals surface area (Å²) in [6.45, 7) is 0.752. The third-order valence-corrected chi connectivity index (χ3v) is 5.67. The fraction of sp³-hybridized carbons (Fsp3) is 0.115. The van der Waals surface area contributed by atoms with Crippen LogP contribution in [0.1, 0.15) is 37.5 Å². The molecule has 0 fully saturated rings. The zero-order valence-electron chi connectivity index (χ0n) is 17.1. The molecule has 158 valence electrons. The second kappa shape index (κ2) is 8.23. The molecule has 2 heterocycles. The minimum Gasteiger partial charge on any atom is -0.356 e. The van der Waals surface area contributed by atoms with Gasteiger partial charge in [-0.15, -0.1) is 0 Å². The van der Waals surface area contributed by atoms with Gasteiger partial charge in [0.2, 0.25) is 0 Å². The summed E-state index contributed by atoms with van der Waals surface area (Å²) >= 11 is 0. The molecule has 6 heteroatoms. The van der Waals surface area contributed by atoms with Crippen molar-refractivity contribution in [3.8, 4) is 11.3 Å². The number of amides is 1. The van der Waals surface area contributed by atoms with Gasteiger partial charge >= 0.3 is 0 Å². The number of benzene rings is 3. The van der Waals surface area contributed by atoms with Crippen LogP contribution in [0, 0.1) is 5.82 Å². The number of rotatable bonds is 4. The normalized spacial score (nSPS) is 13.0. The standard InChI is InChI=1S/C26H19FN2O3/c27-19-12-10-18(11-13-19)25-22-14-15-29(16-23(22)28-32-25)26(31)21-9-5-4-8-20(21)24(30)17-6-2-1-3-7-17/h1-13H,14-16H2. The van der Waals surface area contributed by atoms with E-state index in [4.69, 9.17) is 4.52 Å². The quantitative estimate of drug-likeness (QED) is 0.435. The van der Waals surface area contributed by atoms with Crippen LogP contribution in [-0.2, 0) is 13.0 Å². The minimum absolute atomic E-state index is 0.188. The molecular weight excluding hydrogens is 407 g/mol. The van der Waals surface area contributed by atoms with Gasteiger partial charge in [-0.25, -0.2) is 4.39 Å². The van der Waals surface area contributed by atoms with E-state index >= 15 is 0 Å². The predicted molar refractivity (Wildman–Crippen MR) is 117 cm³/mol. The lowest BCUT2D eigenvalue weighted by atomic mass is 9.96. The van der Waals surface area contributed by atoms with Crippen molar-refractivity contribution in [2.45, 2.75) is 13.0 Å². The summed E-state index contributed by atoms with van der Waals surface area (Å²) in [4.78, 5) is 28.0. The molecule has 1 aliphatic heterocycles. The maximum Gasteiger partial charge on any atom is 0.254 e. The first-order chi connectivity index (χ1) is 15.6. The van der Waals surface area contributed by atoms with Crippen molar-refractivity contribution >= 4 is 11.7 Å². The Morgan fingerprint density at radius 3 is 2.31 bits per heavy atom. The van der Waals surface area contributed by atoms with Gasteiger partial charge in [0.15, 0.2) is 11.5 Å². The van der Waals surface area contributed by atoms with Gasteiger partial charge in [0.25, 0.3) is 5.91 Å². The summed E-state index contributed by atoms with van der Waals surface area (Å²) in [5.41, 5.74) is 3.63. The number of carbonyl (C=O) groups excluding carboxylic acids is 2. The molecule has 32 heavy (non-hydrogen) atoms. The summed E-state index contributed by atoms with van der Waals surface area (Å²) in [6.07, 6.45) is 0.562. The lowest BCUT2D eigenvalue weighted by Gasteiger charge is -2.26. The van der Waals surface area contributed by atoms with Crippen molar-refractivity contribution in [3.05, 3.63) is 113 Å². The summed E-state index contributed by atoms with van der Waals surface area (Å²) < 4.78 is 18.8. The van der Waals surface area contributed by atoms with E-state index < -0.39 is 0 Å². The second-order valence-corrected chi connectivity index (χ2v) is 7.66. The molecule has 0 aliphatic carbocycles. The number of carbonyl (C=O) groups is 2. The van der Waals surface area contributed by atoms with E-state index in [-0.39, 0.29) is 24.1 Å². The molecule has 0 bridgehead atoms. The molecule has 0 spiro atoms. The van der Waals surface area contributed by atoms with Gasteiger partial charge in [0.1, 0.15) is 11.5 Å². The van der Waals surface area contributed by atoms with E-state index in [2.05, 4.69) is 5.16 Å². The molecular formula is C26H19FN2O3. The molecule has 4 aromatic rings. The predicted octanol–water partition coefficient (Wildman–Crippen LogP) is 4.91. The largest absolute Gasteiger partial charge is 0.356 e. The highest BCUT2D eigenvalue weighted by atomic mass is 19.1. The van der Waals surface area contributed by atoms with E-state index in [1.807, 2.05) is 6.07 Å². The Kier molecular flexibility index (Phi) is 5.11. The number of ketones is 1. The van der Waals surface area contributed by atoms with Gasteiger partial charge in [0, 0.05) is 28.8 Å². The average molecular weight is 426 g/mol. The summed E-state index contributed by atoms with van der Waals surface area (Å²) in [6, 6.07) is 21.9. The van der Waals surface area contributed by atoms with Gasteiger partial charge in [0.05, 0.1) is 12.1 Å². The highest BCUT2D eigenvalue weighted by Gasteiger charge is 2.29. The van der Waals surface area contributed by atoms with Gasteiger partial charge in [-0.2, -0.15) is 0 Å². The van der Waals surface area contributed by atoms with Crippen molar-refractivity contribution in [1.82, 2.24) is 10.1 Å². The van der Waals surface area contributed by atoms with Crippen molar-refractivity contribution in [3.63, 3.8) is 0 Å². The summed E-state index contributed by atoms with van der Waals surface area (Å²) in [7, 11) is 0. The van der Waals surface area contributed by atoms with Crippen LogP contribution in [0.15, 0.2) is 83.4 Å². The Bertz CT molecular complexity index is 1300. The molecule has 1 amide bonds. The third kappa shape index (κ3) is 3.60.